The average Bonchev–Trinajstić information content (AvgIpc) is 2.69. The zero-order valence-corrected chi connectivity index (χ0v) is 7.61. The highest BCUT2D eigenvalue weighted by Crippen LogP contribution is 2.16. The van der Waals surface area contributed by atoms with E-state index in [-0.39, 0.29) is 0 Å². The van der Waals surface area contributed by atoms with Crippen LogP contribution in [0.1, 0.15) is 5.56 Å². The molecule has 0 fully saturated rings. The number of hydrogen-bond donors (Lipinski definition) is 0. The van der Waals surface area contributed by atoms with E-state index < -0.39 is 0 Å². The average molecular weight is 191 g/mol. The predicted octanol–water partition coefficient (Wildman–Crippen LogP) is 1.12. The van der Waals surface area contributed by atoms with Crippen LogP contribution in [0.15, 0.2) is 35.5 Å². The Bertz CT molecular complexity index is 346. The maximum atomic E-state index is 3.72. The second-order valence-electron chi connectivity index (χ2n) is 2.44. The molecular weight excluding hydrogens is 184 g/mol. The molecule has 1 aromatic carbocycles. The van der Waals surface area contributed by atoms with Gasteiger partial charge in [0.2, 0.25) is 0 Å². The molecule has 1 aromatic heterocycles. The van der Waals surface area contributed by atoms with Gasteiger partial charge in [-0.15, -0.1) is 11.8 Å². The van der Waals surface area contributed by atoms with Crippen LogP contribution in [0.2, 0.25) is 0 Å². The maximum Gasteiger partial charge on any atom is 0.0663 e. The quantitative estimate of drug-likeness (QED) is 0.680. The molecule has 0 unspecified atom stereocenters. The van der Waals surface area contributed by atoms with Gasteiger partial charge in [-0.3, -0.25) is 10.3 Å². The number of thioether (sulfide) groups is 1. The maximum absolute atomic E-state index is 3.72. The fourth-order valence-electron chi connectivity index (χ4n) is 0.916. The number of nitrogens with zero attached hydrogens (tertiary/aromatic N) is 4. The van der Waals surface area contributed by atoms with Crippen LogP contribution >= 0.6 is 11.8 Å². The highest BCUT2D eigenvalue weighted by atomic mass is 32.2. The van der Waals surface area contributed by atoms with Gasteiger partial charge in [-0.1, -0.05) is 30.3 Å². The van der Waals surface area contributed by atoms with Crippen molar-refractivity contribution in [3.05, 3.63) is 35.9 Å². The van der Waals surface area contributed by atoms with Crippen molar-refractivity contribution in [1.29, 1.82) is 0 Å². The second-order valence-corrected chi connectivity index (χ2v) is 3.38. The molecule has 0 spiro atoms. The van der Waals surface area contributed by atoms with E-state index in [0.29, 0.717) is 5.16 Å². The van der Waals surface area contributed by atoms with Gasteiger partial charge in [0, 0.05) is 5.75 Å². The largest absolute Gasteiger partial charge is 0.325 e. The highest BCUT2D eigenvalue weighted by molar-refractivity contribution is 7.98. The molecule has 0 aliphatic heterocycles. The van der Waals surface area contributed by atoms with Gasteiger partial charge in [-0.2, -0.15) is 5.21 Å². The van der Waals surface area contributed by atoms with Crippen LogP contribution in [-0.2, 0) is 5.75 Å². The molecule has 0 radical (unpaired) electrons. The highest BCUT2D eigenvalue weighted by Gasteiger charge is 1.92. The van der Waals surface area contributed by atoms with E-state index in [9.17, 15) is 0 Å². The first-order chi connectivity index (χ1) is 6.45. The van der Waals surface area contributed by atoms with Crippen LogP contribution < -0.4 is 5.10 Å². The van der Waals surface area contributed by atoms with E-state index in [2.05, 4.69) is 32.8 Å². The summed E-state index contributed by atoms with van der Waals surface area (Å²) in [6.07, 6.45) is 0. The summed E-state index contributed by atoms with van der Waals surface area (Å²) in [4.78, 5) is 0. The summed E-state index contributed by atoms with van der Waals surface area (Å²) in [7, 11) is 0. The minimum absolute atomic E-state index is 0.629. The molecule has 2 aromatic rings. The fraction of sp³-hybridized carbons (Fsp3) is 0.125. The van der Waals surface area contributed by atoms with Crippen molar-refractivity contribution in [3.8, 4) is 0 Å². The predicted molar refractivity (Wildman–Crippen MR) is 49.2 cm³/mol. The molecule has 0 atom stereocenters. The van der Waals surface area contributed by atoms with E-state index in [0.717, 1.165) is 5.75 Å². The molecule has 0 saturated carbocycles. The molecule has 66 valence electrons. The molecule has 0 aliphatic carbocycles. The van der Waals surface area contributed by atoms with Crippen molar-refractivity contribution in [2.24, 2.45) is 0 Å². The Kier molecular flexibility index (Phi) is 2.56. The van der Waals surface area contributed by atoms with E-state index in [4.69, 9.17) is 0 Å². The van der Waals surface area contributed by atoms with E-state index in [1.807, 2.05) is 18.2 Å². The Morgan fingerprint density at radius 1 is 1.23 bits per heavy atom. The van der Waals surface area contributed by atoms with Gasteiger partial charge in [-0.05, 0) is 5.56 Å². The number of hydrogen-bond acceptors (Lipinski definition) is 4. The van der Waals surface area contributed by atoms with E-state index in [1.54, 1.807) is 0 Å². The normalized spacial score (nSPS) is 10.2. The molecule has 5 heteroatoms. The minimum Gasteiger partial charge on any atom is -0.325 e. The van der Waals surface area contributed by atoms with Crippen LogP contribution in [0.25, 0.3) is 0 Å². The first-order valence-electron chi connectivity index (χ1n) is 3.80. The monoisotopic (exact) mass is 191 g/mol. The molecule has 0 N–H and O–H groups in total. The van der Waals surface area contributed by atoms with Gasteiger partial charge in [0.15, 0.2) is 0 Å². The van der Waals surface area contributed by atoms with Crippen LogP contribution in [0.4, 0.5) is 0 Å². The molecule has 0 aliphatic rings. The summed E-state index contributed by atoms with van der Waals surface area (Å²) in [5.74, 6) is 0.855. The number of benzene rings is 1. The number of aromatic nitrogens is 4. The Balaban J connectivity index is 1.94. The molecule has 13 heavy (non-hydrogen) atoms. The van der Waals surface area contributed by atoms with Crippen molar-refractivity contribution in [3.63, 3.8) is 0 Å². The summed E-state index contributed by atoms with van der Waals surface area (Å²) < 4.78 is 0. The summed E-state index contributed by atoms with van der Waals surface area (Å²) >= 11 is 1.53. The number of rotatable bonds is 3. The van der Waals surface area contributed by atoms with Crippen LogP contribution in [0.3, 0.4) is 0 Å². The lowest BCUT2D eigenvalue weighted by Crippen LogP contribution is -1.82. The first-order valence-corrected chi connectivity index (χ1v) is 4.79. The van der Waals surface area contributed by atoms with Crippen molar-refractivity contribution in [1.82, 2.24) is 20.6 Å². The second kappa shape index (κ2) is 4.04. The SMILES string of the molecule is c1ccc(CSc2nnn[n-]2)cc1. The fourth-order valence-corrected chi connectivity index (χ4v) is 1.59. The summed E-state index contributed by atoms with van der Waals surface area (Å²) in [5, 5.41) is 14.9. The van der Waals surface area contributed by atoms with Crippen molar-refractivity contribution in [2.45, 2.75) is 10.9 Å². The smallest absolute Gasteiger partial charge is 0.0663 e. The third-order valence-corrected chi connectivity index (χ3v) is 2.41. The van der Waals surface area contributed by atoms with E-state index in [1.165, 1.54) is 17.3 Å². The lowest BCUT2D eigenvalue weighted by Gasteiger charge is -1.99. The van der Waals surface area contributed by atoms with Crippen LogP contribution in [0.5, 0.6) is 0 Å². The third-order valence-electron chi connectivity index (χ3n) is 1.51. The molecular formula is C8H7N4S-. The molecule has 0 amide bonds. The van der Waals surface area contributed by atoms with Gasteiger partial charge in [-0.25, -0.2) is 0 Å². The molecule has 4 nitrogen and oxygen atoms in total. The number of tetrazole rings is 1. The third kappa shape index (κ3) is 2.29. The van der Waals surface area contributed by atoms with Gasteiger partial charge < -0.3 is 5.10 Å². The molecule has 1 heterocycles. The Morgan fingerprint density at radius 3 is 2.77 bits per heavy atom. The van der Waals surface area contributed by atoms with Gasteiger partial charge in [0.1, 0.15) is 0 Å². The van der Waals surface area contributed by atoms with Crippen LogP contribution in [-0.4, -0.2) is 15.5 Å². The van der Waals surface area contributed by atoms with Gasteiger partial charge >= 0.3 is 0 Å². The van der Waals surface area contributed by atoms with E-state index >= 15 is 0 Å². The summed E-state index contributed by atoms with van der Waals surface area (Å²) in [5.41, 5.74) is 1.25. The van der Waals surface area contributed by atoms with Gasteiger partial charge in [0.25, 0.3) is 0 Å². The molecule has 0 saturated heterocycles. The molecule has 2 rings (SSSR count). The molecule has 0 bridgehead atoms. The van der Waals surface area contributed by atoms with Crippen molar-refractivity contribution >= 4 is 11.8 Å². The first kappa shape index (κ1) is 8.25. The van der Waals surface area contributed by atoms with Crippen LogP contribution in [0, 0.1) is 0 Å². The van der Waals surface area contributed by atoms with Crippen molar-refractivity contribution in [2.75, 3.05) is 0 Å². The zero-order chi connectivity index (χ0) is 8.93. The Hall–Kier alpha value is -1.36. The standard InChI is InChI=1S/C8H7N4S/c1-2-4-7(5-3-1)6-13-8-9-11-12-10-8/h1-5H,6H2/q-1. The lowest BCUT2D eigenvalue weighted by molar-refractivity contribution is 0.870. The van der Waals surface area contributed by atoms with Crippen molar-refractivity contribution < 1.29 is 0 Å². The summed E-state index contributed by atoms with van der Waals surface area (Å²) in [6, 6.07) is 10.2. The van der Waals surface area contributed by atoms with Gasteiger partial charge in [0.05, 0.1) is 5.16 Å². The minimum atomic E-state index is 0.629. The zero-order valence-electron chi connectivity index (χ0n) is 6.79. The topological polar surface area (TPSA) is 52.8 Å². The lowest BCUT2D eigenvalue weighted by atomic mass is 10.2. The Labute approximate surface area is 79.8 Å². The Morgan fingerprint density at radius 2 is 2.08 bits per heavy atom. The summed E-state index contributed by atoms with van der Waals surface area (Å²) in [6.45, 7) is 0.